The number of carboxylic acids is 2. The molecule has 0 saturated heterocycles. The molecule has 0 aromatic heterocycles. The van der Waals surface area contributed by atoms with Crippen molar-refractivity contribution in [2.45, 2.75) is 0 Å². The quantitative estimate of drug-likeness (QED) is 0.506. The van der Waals surface area contributed by atoms with Crippen LogP contribution in [0.3, 0.4) is 0 Å². The fraction of sp³-hybridized carbons (Fsp3) is 0. The van der Waals surface area contributed by atoms with E-state index in [1.807, 2.05) is 0 Å². The van der Waals surface area contributed by atoms with E-state index in [1.165, 1.54) is 0 Å². The van der Waals surface area contributed by atoms with Crippen molar-refractivity contribution in [1.82, 2.24) is 0 Å². The van der Waals surface area contributed by atoms with E-state index in [1.54, 1.807) is 0 Å². The molecule has 0 amide bonds. The zero-order valence-corrected chi connectivity index (χ0v) is 7.22. The third kappa shape index (κ3) is 25.2. The van der Waals surface area contributed by atoms with Crippen molar-refractivity contribution in [2.24, 2.45) is 0 Å². The molecule has 0 saturated carbocycles. The summed E-state index contributed by atoms with van der Waals surface area (Å²) in [6.07, 6.45) is 0. The Morgan fingerprint density at radius 1 is 0.800 bits per heavy atom. The Balaban J connectivity index is -0.000000105. The molecule has 0 aromatic rings. The Morgan fingerprint density at radius 3 is 0.900 bits per heavy atom. The van der Waals surface area contributed by atoms with E-state index < -0.39 is 11.9 Å². The summed E-state index contributed by atoms with van der Waals surface area (Å²) < 4.78 is 16.4. The monoisotopic (exact) mass is 224 g/mol. The van der Waals surface area contributed by atoms with Crippen molar-refractivity contribution in [3.63, 3.8) is 0 Å². The fourth-order valence-corrected chi connectivity index (χ4v) is 0. The van der Waals surface area contributed by atoms with Crippen LogP contribution in [-0.2, 0) is 51.7 Å². The molecule has 2 N–H and O–H groups in total. The number of hydrogen-bond acceptors (Lipinski definition) is 4. The second kappa shape index (κ2) is 15.9. The predicted octanol–water partition coefficient (Wildman–Crippen LogP) is -1.09. The van der Waals surface area contributed by atoms with Crippen LogP contribution in [0.5, 0.6) is 0 Å². The third-order valence-electron chi connectivity index (χ3n) is 0.183. The Morgan fingerprint density at radius 2 is 0.900 bits per heavy atom. The average Bonchev–Trinajstić information content (AvgIpc) is 1.96. The summed E-state index contributed by atoms with van der Waals surface area (Å²) >= 11 is 2.12. The molecule has 0 spiro atoms. The summed E-state index contributed by atoms with van der Waals surface area (Å²) in [6.45, 7) is 0. The molecule has 8 heteroatoms. The standard InChI is InChI=1S/C2H2O4.2O.2V/c3-1(4)2(5)6;;;;/h(H,3,4)(H,5,6);;;;. The van der Waals surface area contributed by atoms with Gasteiger partial charge in [0.2, 0.25) is 0 Å². The van der Waals surface area contributed by atoms with Crippen LogP contribution < -0.4 is 0 Å². The number of aliphatic carboxylic acids is 2. The maximum atomic E-state index is 9.10. The van der Waals surface area contributed by atoms with Gasteiger partial charge in [-0.3, -0.25) is 0 Å². The zero-order valence-electron chi connectivity index (χ0n) is 4.42. The predicted molar refractivity (Wildman–Crippen MR) is 16.6 cm³/mol. The van der Waals surface area contributed by atoms with Crippen LogP contribution >= 0.6 is 0 Å². The normalized spacial score (nSPS) is 5.00. The van der Waals surface area contributed by atoms with Crippen LogP contribution in [0.25, 0.3) is 0 Å². The Bertz CT molecular complexity index is 98.3. The van der Waals surface area contributed by atoms with Crippen LogP contribution in [0.15, 0.2) is 0 Å². The number of carboxylic acid groups (broad SMARTS) is 2. The Labute approximate surface area is 74.0 Å². The first-order valence-corrected chi connectivity index (χ1v) is 2.61. The average molecular weight is 224 g/mol. The molecule has 0 aliphatic rings. The van der Waals surface area contributed by atoms with Gasteiger partial charge in [-0.2, -0.15) is 0 Å². The first kappa shape index (κ1) is 16.4. The molecule has 0 fully saturated rings. The fourth-order valence-electron chi connectivity index (χ4n) is 0. The number of hydrogen-bond donors (Lipinski definition) is 2. The van der Waals surface area contributed by atoms with Gasteiger partial charge >= 0.3 is 54.0 Å². The second-order valence-electron chi connectivity index (χ2n) is 0.610. The van der Waals surface area contributed by atoms with E-state index in [4.69, 9.17) is 27.2 Å². The van der Waals surface area contributed by atoms with Crippen LogP contribution in [0.1, 0.15) is 0 Å². The van der Waals surface area contributed by atoms with Gasteiger partial charge in [-0.15, -0.1) is 0 Å². The molecule has 0 rings (SSSR count). The van der Waals surface area contributed by atoms with Gasteiger partial charge in [-0.05, 0) is 0 Å². The van der Waals surface area contributed by atoms with Gasteiger partial charge in [0, 0.05) is 0 Å². The summed E-state index contributed by atoms with van der Waals surface area (Å²) in [7, 11) is 0. The van der Waals surface area contributed by atoms with Gasteiger partial charge in [0.15, 0.2) is 0 Å². The van der Waals surface area contributed by atoms with E-state index >= 15 is 0 Å². The summed E-state index contributed by atoms with van der Waals surface area (Å²) in [5.74, 6) is -3.65. The molecular formula is C2H2O6V2. The summed E-state index contributed by atoms with van der Waals surface area (Å²) in [5, 5.41) is 14.8. The van der Waals surface area contributed by atoms with Gasteiger partial charge < -0.3 is 10.2 Å². The second-order valence-corrected chi connectivity index (χ2v) is 0.610. The summed E-state index contributed by atoms with van der Waals surface area (Å²) in [6, 6.07) is 0. The molecule has 0 aliphatic carbocycles. The SMILES string of the molecule is O=C(O)C(=O)O.[O]=[V].[O]=[V]. The molecule has 0 aliphatic heterocycles. The Kier molecular flexibility index (Phi) is 26.0. The van der Waals surface area contributed by atoms with Crippen molar-refractivity contribution >= 4 is 11.9 Å². The molecule has 56 valence electrons. The number of rotatable bonds is 0. The minimum atomic E-state index is -1.82. The van der Waals surface area contributed by atoms with Crippen molar-refractivity contribution in [3.8, 4) is 0 Å². The minimum absolute atomic E-state index is 1.06. The van der Waals surface area contributed by atoms with Gasteiger partial charge in [-0.1, -0.05) is 0 Å². The molecule has 0 atom stereocenters. The number of carbonyl (C=O) groups is 2. The Hall–Kier alpha value is -0.291. The van der Waals surface area contributed by atoms with Crippen molar-refractivity contribution in [3.05, 3.63) is 0 Å². The molecule has 10 heavy (non-hydrogen) atoms. The van der Waals surface area contributed by atoms with Crippen molar-refractivity contribution in [1.29, 1.82) is 0 Å². The van der Waals surface area contributed by atoms with Crippen LogP contribution in [0.2, 0.25) is 0 Å². The molecule has 0 aromatic carbocycles. The van der Waals surface area contributed by atoms with E-state index in [9.17, 15) is 0 Å². The van der Waals surface area contributed by atoms with Crippen molar-refractivity contribution in [2.75, 3.05) is 0 Å². The van der Waals surface area contributed by atoms with E-state index in [2.05, 4.69) is 0 Å². The van der Waals surface area contributed by atoms with E-state index in [0.717, 1.165) is 34.7 Å². The molecule has 0 bridgehead atoms. The maximum absolute atomic E-state index is 9.10. The molecule has 0 radical (unpaired) electrons. The molecular weight excluding hydrogens is 222 g/mol. The third-order valence-corrected chi connectivity index (χ3v) is 0.183. The van der Waals surface area contributed by atoms with E-state index in [0.29, 0.717) is 0 Å². The van der Waals surface area contributed by atoms with Gasteiger partial charge in [-0.25, -0.2) is 9.59 Å². The van der Waals surface area contributed by atoms with E-state index in [-0.39, 0.29) is 0 Å². The molecule has 0 heterocycles. The van der Waals surface area contributed by atoms with Crippen LogP contribution in [0.4, 0.5) is 0 Å². The first-order chi connectivity index (χ1) is 4.64. The van der Waals surface area contributed by atoms with Gasteiger partial charge in [0.25, 0.3) is 0 Å². The molecule has 6 nitrogen and oxygen atoms in total. The topological polar surface area (TPSA) is 109 Å². The van der Waals surface area contributed by atoms with Gasteiger partial charge in [0.1, 0.15) is 0 Å². The first-order valence-electron chi connectivity index (χ1n) is 1.47. The zero-order chi connectivity index (χ0) is 9.15. The summed E-state index contributed by atoms with van der Waals surface area (Å²) in [4.78, 5) is 18.2. The van der Waals surface area contributed by atoms with Crippen LogP contribution in [0, 0.1) is 0 Å². The van der Waals surface area contributed by atoms with Gasteiger partial charge in [0.05, 0.1) is 0 Å². The van der Waals surface area contributed by atoms with Crippen LogP contribution in [-0.4, -0.2) is 22.2 Å². The van der Waals surface area contributed by atoms with Crippen molar-refractivity contribution < 1.29 is 61.9 Å². The summed E-state index contributed by atoms with van der Waals surface area (Å²) in [5.41, 5.74) is 0. The molecule has 0 unspecified atom stereocenters.